The Morgan fingerprint density at radius 3 is 2.73 bits per heavy atom. The molecule has 0 aromatic heterocycles. The Morgan fingerprint density at radius 2 is 2.18 bits per heavy atom. The Bertz CT molecular complexity index is 277. The summed E-state index contributed by atoms with van der Waals surface area (Å²) in [6, 6.07) is 2.64. The molecule has 0 bridgehead atoms. The molecule has 4 heteroatoms. The summed E-state index contributed by atoms with van der Waals surface area (Å²) in [6.07, 6.45) is 1.78. The molecule has 0 aliphatic heterocycles. The van der Waals surface area contributed by atoms with E-state index in [0.717, 1.165) is 0 Å². The van der Waals surface area contributed by atoms with Crippen LogP contribution in [0.5, 0.6) is 5.75 Å². The fraction of sp³-hybridized carbons (Fsp3) is 0.143. The van der Waals surface area contributed by atoms with Crippen LogP contribution in [0.25, 0.3) is 0 Å². The van der Waals surface area contributed by atoms with Crippen molar-refractivity contribution >= 4 is 27.7 Å². The Hall–Kier alpha value is -0.220. The number of aromatic hydroxyl groups is 1. The van der Waals surface area contributed by atoms with E-state index in [4.69, 9.17) is 0 Å². The van der Waals surface area contributed by atoms with Crippen molar-refractivity contribution in [3.8, 4) is 5.75 Å². The molecule has 0 saturated carbocycles. The molecular weight excluding hydrogens is 231 g/mol. The summed E-state index contributed by atoms with van der Waals surface area (Å²) in [5, 5.41) is 9.20. The highest BCUT2D eigenvalue weighted by Gasteiger charge is 2.05. The summed E-state index contributed by atoms with van der Waals surface area (Å²) in [5.74, 6) is -0.252. The molecule has 0 atom stereocenters. The van der Waals surface area contributed by atoms with Crippen molar-refractivity contribution in [1.29, 1.82) is 0 Å². The first kappa shape index (κ1) is 8.87. The minimum Gasteiger partial charge on any atom is -0.507 e. The smallest absolute Gasteiger partial charge is 0.138 e. The second-order valence-corrected chi connectivity index (χ2v) is 3.64. The SMILES string of the molecule is CSc1cc(F)c(Br)cc1O. The van der Waals surface area contributed by atoms with Crippen LogP contribution in [0, 0.1) is 5.82 Å². The molecule has 0 aliphatic rings. The van der Waals surface area contributed by atoms with E-state index in [0.29, 0.717) is 4.90 Å². The normalized spacial score (nSPS) is 10.1. The summed E-state index contributed by atoms with van der Waals surface area (Å²) >= 11 is 4.27. The molecular formula is C7H6BrFOS. The van der Waals surface area contributed by atoms with Gasteiger partial charge in [0.15, 0.2) is 0 Å². The molecule has 60 valence electrons. The zero-order chi connectivity index (χ0) is 8.43. The van der Waals surface area contributed by atoms with E-state index in [1.165, 1.54) is 23.9 Å². The third-order valence-corrected chi connectivity index (χ3v) is 2.60. The molecule has 0 radical (unpaired) electrons. The number of hydrogen-bond acceptors (Lipinski definition) is 2. The minimum atomic E-state index is -0.354. The molecule has 0 heterocycles. The van der Waals surface area contributed by atoms with Gasteiger partial charge in [-0.2, -0.15) is 0 Å². The van der Waals surface area contributed by atoms with Crippen LogP contribution in [-0.2, 0) is 0 Å². The lowest BCUT2D eigenvalue weighted by Crippen LogP contribution is -1.79. The first-order chi connectivity index (χ1) is 5.15. The summed E-state index contributed by atoms with van der Waals surface area (Å²) in [7, 11) is 0. The molecule has 0 saturated heterocycles. The average molecular weight is 237 g/mol. The van der Waals surface area contributed by atoms with Gasteiger partial charge in [0.1, 0.15) is 11.6 Å². The molecule has 0 unspecified atom stereocenters. The lowest BCUT2D eigenvalue weighted by Gasteiger charge is -2.01. The topological polar surface area (TPSA) is 20.2 Å². The zero-order valence-electron chi connectivity index (χ0n) is 5.77. The Labute approximate surface area is 76.7 Å². The van der Waals surface area contributed by atoms with Gasteiger partial charge in [-0.05, 0) is 34.3 Å². The number of rotatable bonds is 1. The summed E-state index contributed by atoms with van der Waals surface area (Å²) < 4.78 is 13.1. The van der Waals surface area contributed by atoms with Gasteiger partial charge in [0, 0.05) is 0 Å². The Balaban J connectivity index is 3.21. The monoisotopic (exact) mass is 236 g/mol. The van der Waals surface area contributed by atoms with Gasteiger partial charge in [0.05, 0.1) is 9.37 Å². The lowest BCUT2D eigenvalue weighted by molar-refractivity contribution is 0.458. The highest BCUT2D eigenvalue weighted by Crippen LogP contribution is 2.31. The van der Waals surface area contributed by atoms with Crippen molar-refractivity contribution < 1.29 is 9.50 Å². The van der Waals surface area contributed by atoms with Gasteiger partial charge in [-0.15, -0.1) is 11.8 Å². The van der Waals surface area contributed by atoms with Crippen LogP contribution < -0.4 is 0 Å². The van der Waals surface area contributed by atoms with E-state index in [9.17, 15) is 9.50 Å². The number of thioether (sulfide) groups is 1. The molecule has 1 rings (SSSR count). The molecule has 1 aromatic carbocycles. The minimum absolute atomic E-state index is 0.103. The lowest BCUT2D eigenvalue weighted by atomic mass is 10.3. The van der Waals surface area contributed by atoms with Crippen LogP contribution in [-0.4, -0.2) is 11.4 Å². The molecule has 0 amide bonds. The van der Waals surface area contributed by atoms with Crippen LogP contribution in [0.2, 0.25) is 0 Å². The molecule has 0 aliphatic carbocycles. The predicted molar refractivity (Wildman–Crippen MR) is 47.5 cm³/mol. The first-order valence-electron chi connectivity index (χ1n) is 2.87. The van der Waals surface area contributed by atoms with Crippen molar-refractivity contribution in [3.63, 3.8) is 0 Å². The predicted octanol–water partition coefficient (Wildman–Crippen LogP) is 3.02. The summed E-state index contributed by atoms with van der Waals surface area (Å²) in [6.45, 7) is 0. The number of halogens is 2. The van der Waals surface area contributed by atoms with Gasteiger partial charge < -0.3 is 5.11 Å². The zero-order valence-corrected chi connectivity index (χ0v) is 8.17. The summed E-state index contributed by atoms with van der Waals surface area (Å²) in [4.78, 5) is 0.547. The van der Waals surface area contributed by atoms with Gasteiger partial charge >= 0.3 is 0 Å². The van der Waals surface area contributed by atoms with Crippen molar-refractivity contribution in [1.82, 2.24) is 0 Å². The molecule has 1 aromatic rings. The highest BCUT2D eigenvalue weighted by molar-refractivity contribution is 9.10. The van der Waals surface area contributed by atoms with Crippen LogP contribution in [0.15, 0.2) is 21.5 Å². The van der Waals surface area contributed by atoms with Crippen molar-refractivity contribution in [2.45, 2.75) is 4.90 Å². The quantitative estimate of drug-likeness (QED) is 0.757. The van der Waals surface area contributed by atoms with Crippen molar-refractivity contribution in [3.05, 3.63) is 22.4 Å². The van der Waals surface area contributed by atoms with E-state index in [-0.39, 0.29) is 16.0 Å². The first-order valence-corrected chi connectivity index (χ1v) is 4.89. The van der Waals surface area contributed by atoms with Gasteiger partial charge in [-0.25, -0.2) is 4.39 Å². The summed E-state index contributed by atoms with van der Waals surface area (Å²) in [5.41, 5.74) is 0. The van der Waals surface area contributed by atoms with Gasteiger partial charge in [0.2, 0.25) is 0 Å². The maximum atomic E-state index is 12.8. The van der Waals surface area contributed by atoms with Crippen LogP contribution in [0.3, 0.4) is 0 Å². The van der Waals surface area contributed by atoms with E-state index in [1.54, 1.807) is 6.26 Å². The maximum Gasteiger partial charge on any atom is 0.138 e. The standard InChI is InChI=1S/C7H6BrFOS/c1-11-7-3-5(9)4(8)2-6(7)10/h2-3,10H,1H3. The Kier molecular flexibility index (Phi) is 2.78. The van der Waals surface area contributed by atoms with Crippen molar-refractivity contribution in [2.24, 2.45) is 0 Å². The maximum absolute atomic E-state index is 12.8. The van der Waals surface area contributed by atoms with E-state index >= 15 is 0 Å². The largest absolute Gasteiger partial charge is 0.507 e. The number of hydrogen-bond donors (Lipinski definition) is 1. The molecule has 1 N–H and O–H groups in total. The molecule has 0 spiro atoms. The second kappa shape index (κ2) is 3.45. The van der Waals surface area contributed by atoms with E-state index in [2.05, 4.69) is 15.9 Å². The van der Waals surface area contributed by atoms with Crippen molar-refractivity contribution in [2.75, 3.05) is 6.26 Å². The molecule has 1 nitrogen and oxygen atoms in total. The molecule has 0 fully saturated rings. The fourth-order valence-corrected chi connectivity index (χ4v) is 1.50. The average Bonchev–Trinajstić information content (AvgIpc) is 1.97. The third kappa shape index (κ3) is 1.87. The van der Waals surface area contributed by atoms with Gasteiger partial charge in [-0.1, -0.05) is 0 Å². The highest BCUT2D eigenvalue weighted by atomic mass is 79.9. The fourth-order valence-electron chi connectivity index (χ4n) is 0.682. The van der Waals surface area contributed by atoms with E-state index in [1.807, 2.05) is 0 Å². The Morgan fingerprint density at radius 1 is 1.55 bits per heavy atom. The second-order valence-electron chi connectivity index (χ2n) is 1.94. The third-order valence-electron chi connectivity index (χ3n) is 1.22. The van der Waals surface area contributed by atoms with Gasteiger partial charge in [0.25, 0.3) is 0 Å². The van der Waals surface area contributed by atoms with Crippen LogP contribution >= 0.6 is 27.7 Å². The van der Waals surface area contributed by atoms with Crippen LogP contribution in [0.1, 0.15) is 0 Å². The number of benzene rings is 1. The molecule has 11 heavy (non-hydrogen) atoms. The van der Waals surface area contributed by atoms with E-state index < -0.39 is 0 Å². The number of phenolic OH excluding ortho intramolecular Hbond substituents is 1. The van der Waals surface area contributed by atoms with Crippen LogP contribution in [0.4, 0.5) is 4.39 Å². The number of phenols is 1. The van der Waals surface area contributed by atoms with Gasteiger partial charge in [-0.3, -0.25) is 0 Å².